The summed E-state index contributed by atoms with van der Waals surface area (Å²) in [6, 6.07) is 8.12. The van der Waals surface area contributed by atoms with Crippen LogP contribution in [0.2, 0.25) is 0 Å². The Hall–Kier alpha value is -3.43. The third-order valence-corrected chi connectivity index (χ3v) is 8.98. The summed E-state index contributed by atoms with van der Waals surface area (Å²) in [5, 5.41) is 17.2. The monoisotopic (exact) mass is 545 g/mol. The minimum Gasteiger partial charge on any atom is -0.485 e. The van der Waals surface area contributed by atoms with Crippen LogP contribution in [-0.2, 0) is 19.6 Å². The van der Waals surface area contributed by atoms with Crippen LogP contribution in [0.15, 0.2) is 47.5 Å². The third-order valence-electron chi connectivity index (χ3n) is 8.98. The molecule has 3 N–H and O–H groups in total. The lowest BCUT2D eigenvalue weighted by Gasteiger charge is -2.46. The fraction of sp³-hybridized carbons (Fsp3) is 0.516. The van der Waals surface area contributed by atoms with Crippen molar-refractivity contribution in [3.63, 3.8) is 0 Å². The van der Waals surface area contributed by atoms with Gasteiger partial charge in [-0.1, -0.05) is 25.3 Å². The number of carbonyl (C=O) groups is 1. The van der Waals surface area contributed by atoms with E-state index in [-0.39, 0.29) is 12.5 Å². The van der Waals surface area contributed by atoms with Gasteiger partial charge in [0.15, 0.2) is 12.2 Å². The minimum atomic E-state index is -0.659. The molecule has 2 saturated carbocycles. The molecule has 9 heteroatoms. The van der Waals surface area contributed by atoms with Crippen molar-refractivity contribution in [3.05, 3.63) is 71.1 Å². The Bertz CT molecular complexity index is 1310. The Morgan fingerprint density at radius 3 is 2.90 bits per heavy atom. The fourth-order valence-corrected chi connectivity index (χ4v) is 6.31. The lowest BCUT2D eigenvalue weighted by atomic mass is 9.64. The van der Waals surface area contributed by atoms with Crippen LogP contribution in [0, 0.1) is 18.8 Å². The summed E-state index contributed by atoms with van der Waals surface area (Å²) in [6.45, 7) is 4.73. The Balaban J connectivity index is 0.967. The average molecular weight is 546 g/mol. The van der Waals surface area contributed by atoms with E-state index in [0.717, 1.165) is 48.5 Å². The molecule has 0 spiro atoms. The Kier molecular flexibility index (Phi) is 8.02. The van der Waals surface area contributed by atoms with Gasteiger partial charge in [0, 0.05) is 44.0 Å². The zero-order valence-corrected chi connectivity index (χ0v) is 23.1. The Labute approximate surface area is 235 Å². The second-order valence-corrected chi connectivity index (χ2v) is 11.5. The molecule has 1 aliphatic heterocycles. The maximum Gasteiger partial charge on any atom is 0.251 e. The Morgan fingerprint density at radius 1 is 1.25 bits per heavy atom. The first-order valence-corrected chi connectivity index (χ1v) is 14.6. The quantitative estimate of drug-likeness (QED) is 0.330. The van der Waals surface area contributed by atoms with Crippen molar-refractivity contribution in [2.45, 2.75) is 70.7 Å². The number of ether oxygens (including phenoxy) is 1. The van der Waals surface area contributed by atoms with Gasteiger partial charge in [0.2, 0.25) is 0 Å². The van der Waals surface area contributed by atoms with E-state index in [0.29, 0.717) is 30.5 Å². The van der Waals surface area contributed by atoms with Gasteiger partial charge in [0.25, 0.3) is 5.91 Å². The molecule has 3 heterocycles. The number of aliphatic hydroxyl groups is 1. The Morgan fingerprint density at radius 2 is 2.15 bits per heavy atom. The van der Waals surface area contributed by atoms with Crippen LogP contribution in [0.25, 0.3) is 0 Å². The fourth-order valence-electron chi connectivity index (χ4n) is 6.31. The van der Waals surface area contributed by atoms with E-state index in [1.54, 1.807) is 18.5 Å². The molecule has 2 aliphatic carbocycles. The molecule has 1 amide bonds. The number of β-amino-alcohol motifs (C(OH)–C–C–N with tert-alkyl or cyclic N) is 1. The zero-order valence-electron chi connectivity index (χ0n) is 23.1. The molecule has 3 aliphatic rings. The van der Waals surface area contributed by atoms with E-state index in [9.17, 15) is 9.90 Å². The van der Waals surface area contributed by atoms with E-state index in [4.69, 9.17) is 9.15 Å². The number of oxazole rings is 1. The van der Waals surface area contributed by atoms with Gasteiger partial charge in [0.05, 0.1) is 12.3 Å². The number of rotatable bonds is 11. The third kappa shape index (κ3) is 6.00. The van der Waals surface area contributed by atoms with E-state index in [1.807, 2.05) is 12.1 Å². The summed E-state index contributed by atoms with van der Waals surface area (Å²) < 4.78 is 11.2. The topological polar surface area (TPSA) is 113 Å². The molecule has 6 rings (SSSR count). The smallest absolute Gasteiger partial charge is 0.251 e. The molecule has 9 nitrogen and oxygen atoms in total. The number of benzene rings is 1. The molecule has 2 unspecified atom stereocenters. The first-order valence-electron chi connectivity index (χ1n) is 14.6. The summed E-state index contributed by atoms with van der Waals surface area (Å²) in [5.74, 6) is 3.72. The highest BCUT2D eigenvalue weighted by Gasteiger charge is 2.39. The predicted octanol–water partition coefficient (Wildman–Crippen LogP) is 4.10. The van der Waals surface area contributed by atoms with Crippen molar-refractivity contribution in [2.75, 3.05) is 25.0 Å². The SMILES string of the molecule is Cc1c(OCc2cnco2)ccc2c1CCN(C[C@@H](O)CNC(=O)c1ccnc(NC3CCC3C3CCC3)c1)C2. The summed E-state index contributed by atoms with van der Waals surface area (Å²) >= 11 is 0. The molecular weight excluding hydrogens is 506 g/mol. The maximum absolute atomic E-state index is 12.8. The summed E-state index contributed by atoms with van der Waals surface area (Å²) in [4.78, 5) is 23.4. The molecule has 2 fully saturated rings. The first-order chi connectivity index (χ1) is 19.5. The van der Waals surface area contributed by atoms with Gasteiger partial charge in [-0.25, -0.2) is 9.97 Å². The van der Waals surface area contributed by atoms with Gasteiger partial charge < -0.3 is 24.9 Å². The summed E-state index contributed by atoms with van der Waals surface area (Å²) in [7, 11) is 0. The number of carbonyl (C=O) groups excluding carboxylic acids is 1. The standard InChI is InChI=1S/C31H39N5O4/c1-20-26-10-12-36(16-23(26)5-8-29(20)39-18-25-15-32-19-40-25)17-24(37)14-34-31(38)22-9-11-33-30(13-22)35-28-7-6-27(28)21-3-2-4-21/h5,8-9,11,13,15,19,21,24,27-28,37H,2-4,6-7,10,12,14,16-18H2,1H3,(H,33,35)(H,34,38)/t24-,27?,28?/m0/s1. The van der Waals surface area contributed by atoms with E-state index >= 15 is 0 Å². The van der Waals surface area contributed by atoms with Crippen LogP contribution in [-0.4, -0.2) is 57.7 Å². The number of aliphatic hydroxyl groups excluding tert-OH is 1. The van der Waals surface area contributed by atoms with Crippen molar-refractivity contribution in [1.82, 2.24) is 20.2 Å². The molecular formula is C31H39N5O4. The van der Waals surface area contributed by atoms with Gasteiger partial charge in [0.1, 0.15) is 18.2 Å². The molecule has 1 aromatic carbocycles. The first kappa shape index (κ1) is 26.8. The lowest BCUT2D eigenvalue weighted by molar-refractivity contribution is 0.0841. The number of pyridine rings is 1. The molecule has 2 aromatic heterocycles. The molecule has 0 bridgehead atoms. The van der Waals surface area contributed by atoms with Crippen LogP contribution in [0.5, 0.6) is 5.75 Å². The second-order valence-electron chi connectivity index (χ2n) is 11.5. The van der Waals surface area contributed by atoms with Crippen molar-refractivity contribution in [1.29, 1.82) is 0 Å². The highest BCUT2D eigenvalue weighted by Crippen LogP contribution is 2.44. The molecule has 0 saturated heterocycles. The zero-order chi connectivity index (χ0) is 27.5. The largest absolute Gasteiger partial charge is 0.485 e. The summed E-state index contributed by atoms with van der Waals surface area (Å²) in [5.41, 5.74) is 4.26. The number of amides is 1. The lowest BCUT2D eigenvalue weighted by Crippen LogP contribution is -2.44. The number of anilines is 1. The highest BCUT2D eigenvalue weighted by molar-refractivity contribution is 5.94. The number of aromatic nitrogens is 2. The minimum absolute atomic E-state index is 0.189. The van der Waals surface area contributed by atoms with Crippen LogP contribution in [0.4, 0.5) is 5.82 Å². The number of nitrogens with one attached hydrogen (secondary N) is 2. The summed E-state index contributed by atoms with van der Waals surface area (Å²) in [6.07, 6.45) is 11.5. The van der Waals surface area contributed by atoms with Crippen molar-refractivity contribution < 1.29 is 19.1 Å². The number of fused-ring (bicyclic) bond motifs is 1. The normalized spacial score (nSPS) is 21.6. The van der Waals surface area contributed by atoms with Crippen LogP contribution in [0.3, 0.4) is 0 Å². The van der Waals surface area contributed by atoms with Gasteiger partial charge in [-0.2, -0.15) is 0 Å². The van der Waals surface area contributed by atoms with E-state index in [2.05, 4.69) is 38.5 Å². The number of nitrogens with zero attached hydrogens (tertiary/aromatic N) is 3. The van der Waals surface area contributed by atoms with Gasteiger partial charge in [-0.3, -0.25) is 9.69 Å². The molecule has 3 atom stereocenters. The van der Waals surface area contributed by atoms with Gasteiger partial charge >= 0.3 is 0 Å². The van der Waals surface area contributed by atoms with Crippen LogP contribution < -0.4 is 15.4 Å². The number of hydrogen-bond donors (Lipinski definition) is 3. The predicted molar refractivity (Wildman–Crippen MR) is 151 cm³/mol. The number of hydrogen-bond acceptors (Lipinski definition) is 8. The maximum atomic E-state index is 12.8. The molecule has 3 aromatic rings. The molecule has 212 valence electrons. The molecule has 0 radical (unpaired) electrons. The highest BCUT2D eigenvalue weighted by atomic mass is 16.5. The van der Waals surface area contributed by atoms with E-state index in [1.165, 1.54) is 49.6 Å². The van der Waals surface area contributed by atoms with Gasteiger partial charge in [-0.15, -0.1) is 0 Å². The van der Waals surface area contributed by atoms with Crippen LogP contribution >= 0.6 is 0 Å². The van der Waals surface area contributed by atoms with Crippen molar-refractivity contribution >= 4 is 11.7 Å². The van der Waals surface area contributed by atoms with Crippen molar-refractivity contribution in [2.24, 2.45) is 11.8 Å². The average Bonchev–Trinajstić information content (AvgIpc) is 3.45. The van der Waals surface area contributed by atoms with Crippen LogP contribution in [0.1, 0.15) is 64.9 Å². The van der Waals surface area contributed by atoms with Gasteiger partial charge in [-0.05, 0) is 72.9 Å². The van der Waals surface area contributed by atoms with Crippen molar-refractivity contribution in [3.8, 4) is 5.75 Å². The van der Waals surface area contributed by atoms with E-state index < -0.39 is 6.10 Å². The molecule has 40 heavy (non-hydrogen) atoms. The second kappa shape index (κ2) is 12.0.